The second-order valence-electron chi connectivity index (χ2n) is 3.76. The molecule has 0 radical (unpaired) electrons. The van der Waals surface area contributed by atoms with Crippen molar-refractivity contribution in [2.45, 2.75) is 13.0 Å². The predicted molar refractivity (Wildman–Crippen MR) is 56.9 cm³/mol. The third-order valence-corrected chi connectivity index (χ3v) is 2.63. The van der Waals surface area contributed by atoms with E-state index in [0.717, 1.165) is 13.1 Å². The van der Waals surface area contributed by atoms with Gasteiger partial charge in [0.25, 0.3) is 0 Å². The van der Waals surface area contributed by atoms with Crippen molar-refractivity contribution in [3.8, 4) is 0 Å². The van der Waals surface area contributed by atoms with Gasteiger partial charge in [0.05, 0.1) is 19.3 Å². The van der Waals surface area contributed by atoms with Gasteiger partial charge < -0.3 is 19.3 Å². The Bertz CT molecular complexity index is 211. The van der Waals surface area contributed by atoms with E-state index in [-0.39, 0.29) is 12.1 Å². The van der Waals surface area contributed by atoms with E-state index in [1.807, 2.05) is 16.7 Å². The Hall–Kier alpha value is -0.810. The monoisotopic (exact) mass is 216 g/mol. The van der Waals surface area contributed by atoms with Crippen LogP contribution in [0.5, 0.6) is 0 Å². The second kappa shape index (κ2) is 5.92. The molecule has 0 saturated carbocycles. The largest absolute Gasteiger partial charge is 0.383 e. The van der Waals surface area contributed by atoms with Crippen LogP contribution in [-0.4, -0.2) is 68.9 Å². The molecule has 1 heterocycles. The topological polar surface area (TPSA) is 42.0 Å². The van der Waals surface area contributed by atoms with E-state index < -0.39 is 0 Å². The predicted octanol–water partition coefficient (Wildman–Crippen LogP) is 0.405. The summed E-state index contributed by atoms with van der Waals surface area (Å²) in [5.74, 6) is 0. The van der Waals surface area contributed by atoms with Crippen molar-refractivity contribution in [3.63, 3.8) is 0 Å². The zero-order valence-corrected chi connectivity index (χ0v) is 9.73. The molecule has 0 spiro atoms. The van der Waals surface area contributed by atoms with Crippen molar-refractivity contribution >= 4 is 6.03 Å². The third kappa shape index (κ3) is 3.07. The van der Waals surface area contributed by atoms with Gasteiger partial charge in [0, 0.05) is 33.9 Å². The first kappa shape index (κ1) is 12.3. The first-order valence-corrected chi connectivity index (χ1v) is 5.24. The molecule has 5 heteroatoms. The molecule has 0 bridgehead atoms. The molecule has 88 valence electrons. The van der Waals surface area contributed by atoms with Crippen LogP contribution in [-0.2, 0) is 9.47 Å². The van der Waals surface area contributed by atoms with Crippen LogP contribution in [0.3, 0.4) is 0 Å². The number of rotatable bonds is 6. The van der Waals surface area contributed by atoms with Gasteiger partial charge in [0.1, 0.15) is 0 Å². The fourth-order valence-electron chi connectivity index (χ4n) is 1.75. The summed E-state index contributed by atoms with van der Waals surface area (Å²) in [7, 11) is 3.30. The molecule has 2 amide bonds. The van der Waals surface area contributed by atoms with Crippen LogP contribution in [0.1, 0.15) is 6.92 Å². The number of hydrogen-bond acceptors (Lipinski definition) is 3. The molecule has 5 nitrogen and oxygen atoms in total. The zero-order chi connectivity index (χ0) is 11.3. The Labute approximate surface area is 90.9 Å². The molecule has 1 unspecified atom stereocenters. The highest BCUT2D eigenvalue weighted by molar-refractivity contribution is 5.76. The summed E-state index contributed by atoms with van der Waals surface area (Å²) in [5.41, 5.74) is 0. The van der Waals surface area contributed by atoms with E-state index in [4.69, 9.17) is 9.47 Å². The van der Waals surface area contributed by atoms with Crippen molar-refractivity contribution in [1.29, 1.82) is 0 Å². The Kier molecular flexibility index (Phi) is 4.84. The van der Waals surface area contributed by atoms with E-state index in [1.165, 1.54) is 0 Å². The molecule has 1 atom stereocenters. The summed E-state index contributed by atoms with van der Waals surface area (Å²) >= 11 is 0. The molecular weight excluding hydrogens is 196 g/mol. The highest BCUT2D eigenvalue weighted by Gasteiger charge is 2.31. The Morgan fingerprint density at radius 1 is 1.33 bits per heavy atom. The fourth-order valence-corrected chi connectivity index (χ4v) is 1.75. The van der Waals surface area contributed by atoms with E-state index in [1.54, 1.807) is 14.2 Å². The van der Waals surface area contributed by atoms with Gasteiger partial charge >= 0.3 is 6.03 Å². The van der Waals surface area contributed by atoms with Gasteiger partial charge in [-0.05, 0) is 6.92 Å². The lowest BCUT2D eigenvalue weighted by atomic mass is 10.3. The molecule has 0 aliphatic carbocycles. The average Bonchev–Trinajstić information content (AvgIpc) is 2.57. The van der Waals surface area contributed by atoms with Crippen molar-refractivity contribution in [2.75, 3.05) is 47.1 Å². The lowest BCUT2D eigenvalue weighted by molar-refractivity contribution is 0.116. The summed E-state index contributed by atoms with van der Waals surface area (Å²) in [6.45, 7) is 5.43. The van der Waals surface area contributed by atoms with E-state index in [9.17, 15) is 4.79 Å². The molecule has 1 rings (SSSR count). The molecule has 1 aliphatic heterocycles. The van der Waals surface area contributed by atoms with Crippen LogP contribution in [0.15, 0.2) is 0 Å². The number of carbonyl (C=O) groups is 1. The maximum Gasteiger partial charge on any atom is 0.320 e. The molecule has 1 saturated heterocycles. The van der Waals surface area contributed by atoms with E-state index in [2.05, 4.69) is 0 Å². The summed E-state index contributed by atoms with van der Waals surface area (Å²) in [4.78, 5) is 15.5. The summed E-state index contributed by atoms with van der Waals surface area (Å²) < 4.78 is 10.0. The maximum absolute atomic E-state index is 11.9. The molecule has 1 fully saturated rings. The number of carbonyl (C=O) groups excluding carboxylic acids is 1. The summed E-state index contributed by atoms with van der Waals surface area (Å²) in [6, 6.07) is 0.242. The number of ether oxygens (including phenoxy) is 2. The van der Waals surface area contributed by atoms with Crippen LogP contribution < -0.4 is 0 Å². The zero-order valence-electron chi connectivity index (χ0n) is 9.73. The molecule has 0 aromatic carbocycles. The minimum atomic E-state index is 0.0941. The number of hydrogen-bond donors (Lipinski definition) is 0. The van der Waals surface area contributed by atoms with Crippen LogP contribution >= 0.6 is 0 Å². The number of nitrogens with zero attached hydrogens (tertiary/aromatic N) is 2. The first-order chi connectivity index (χ1) is 7.20. The van der Waals surface area contributed by atoms with Gasteiger partial charge in [-0.15, -0.1) is 0 Å². The van der Waals surface area contributed by atoms with Gasteiger partial charge in [0.15, 0.2) is 0 Å². The van der Waals surface area contributed by atoms with Gasteiger partial charge in [-0.2, -0.15) is 0 Å². The van der Waals surface area contributed by atoms with Gasteiger partial charge in [-0.25, -0.2) is 4.79 Å². The van der Waals surface area contributed by atoms with Gasteiger partial charge in [0.2, 0.25) is 0 Å². The van der Waals surface area contributed by atoms with Crippen molar-refractivity contribution in [3.05, 3.63) is 0 Å². The van der Waals surface area contributed by atoms with Crippen molar-refractivity contribution in [2.24, 2.45) is 0 Å². The first-order valence-electron chi connectivity index (χ1n) is 5.24. The highest BCUT2D eigenvalue weighted by atomic mass is 16.5. The van der Waals surface area contributed by atoms with Gasteiger partial charge in [-0.3, -0.25) is 0 Å². The standard InChI is InChI=1S/C10H20N2O3/c1-9(8-15-3)12-5-4-11(10(12)13)6-7-14-2/h9H,4-8H2,1-3H3. The lowest BCUT2D eigenvalue weighted by Crippen LogP contribution is -2.40. The SMILES string of the molecule is COCCN1CCN(C(C)COC)C1=O. The molecule has 1 aliphatic rings. The number of methoxy groups -OCH3 is 2. The molecule has 0 N–H and O–H groups in total. The van der Waals surface area contributed by atoms with Crippen molar-refractivity contribution in [1.82, 2.24) is 9.80 Å². The van der Waals surface area contributed by atoms with Crippen LogP contribution in [0.4, 0.5) is 4.79 Å². The number of amides is 2. The normalized spacial score (nSPS) is 18.7. The number of urea groups is 1. The quantitative estimate of drug-likeness (QED) is 0.645. The highest BCUT2D eigenvalue weighted by Crippen LogP contribution is 2.12. The molecule has 0 aromatic heterocycles. The Morgan fingerprint density at radius 2 is 2.07 bits per heavy atom. The fraction of sp³-hybridized carbons (Fsp3) is 0.900. The van der Waals surface area contributed by atoms with Crippen molar-refractivity contribution < 1.29 is 14.3 Å². The van der Waals surface area contributed by atoms with E-state index in [0.29, 0.717) is 19.8 Å². The van der Waals surface area contributed by atoms with Crippen LogP contribution in [0.25, 0.3) is 0 Å². The van der Waals surface area contributed by atoms with Crippen LogP contribution in [0.2, 0.25) is 0 Å². The Morgan fingerprint density at radius 3 is 2.67 bits per heavy atom. The minimum Gasteiger partial charge on any atom is -0.383 e. The average molecular weight is 216 g/mol. The summed E-state index contributed by atoms with van der Waals surface area (Å²) in [5, 5.41) is 0. The summed E-state index contributed by atoms with van der Waals surface area (Å²) in [6.07, 6.45) is 0. The third-order valence-electron chi connectivity index (χ3n) is 2.63. The van der Waals surface area contributed by atoms with Gasteiger partial charge in [-0.1, -0.05) is 0 Å². The molecule has 0 aromatic rings. The molecule has 15 heavy (non-hydrogen) atoms. The maximum atomic E-state index is 11.9. The minimum absolute atomic E-state index is 0.0941. The smallest absolute Gasteiger partial charge is 0.320 e. The Balaban J connectivity index is 2.41. The molecular formula is C10H20N2O3. The second-order valence-corrected chi connectivity index (χ2v) is 3.76. The van der Waals surface area contributed by atoms with Crippen LogP contribution in [0, 0.1) is 0 Å². The van der Waals surface area contributed by atoms with E-state index >= 15 is 0 Å². The lowest BCUT2D eigenvalue weighted by Gasteiger charge is -2.24.